The number of hydrogen-bond acceptors (Lipinski definition) is 9. The molecule has 5 rings (SSSR count). The molecule has 37 heavy (non-hydrogen) atoms. The van der Waals surface area contributed by atoms with E-state index in [0.29, 0.717) is 0 Å². The molecular formula is C28H39NO8. The van der Waals surface area contributed by atoms with Crippen LogP contribution in [0.15, 0.2) is 12.3 Å². The van der Waals surface area contributed by atoms with Gasteiger partial charge in [0.25, 0.3) is 0 Å². The van der Waals surface area contributed by atoms with Crippen LogP contribution in [0.5, 0.6) is 11.5 Å². The molecule has 3 atom stereocenters. The van der Waals surface area contributed by atoms with Gasteiger partial charge in [0.15, 0.2) is 23.0 Å². The van der Waals surface area contributed by atoms with Crippen molar-refractivity contribution in [1.29, 1.82) is 0 Å². The van der Waals surface area contributed by atoms with Crippen molar-refractivity contribution in [2.45, 2.75) is 77.9 Å². The van der Waals surface area contributed by atoms with Gasteiger partial charge in [0.2, 0.25) is 6.79 Å². The average Bonchev–Trinajstić information content (AvgIpc) is 2.83. The molecule has 0 unspecified atom stereocenters. The maximum absolute atomic E-state index is 13.1. The summed E-state index contributed by atoms with van der Waals surface area (Å²) in [6, 6.07) is 1.54. The third-order valence-corrected chi connectivity index (χ3v) is 8.38. The molecule has 9 heteroatoms. The van der Waals surface area contributed by atoms with E-state index in [0.717, 1.165) is 37.0 Å². The molecule has 0 aliphatic heterocycles. The summed E-state index contributed by atoms with van der Waals surface area (Å²) in [5.41, 5.74) is 0.0727. The first-order valence-electron chi connectivity index (χ1n) is 13.2. The molecule has 4 aliphatic carbocycles. The number of carbonyl (C=O) groups is 3. The lowest BCUT2D eigenvalue weighted by Crippen LogP contribution is -2.55. The van der Waals surface area contributed by atoms with Crippen LogP contribution in [-0.4, -0.2) is 55.9 Å². The number of pyridine rings is 1. The van der Waals surface area contributed by atoms with E-state index >= 15 is 0 Å². The molecule has 0 saturated heterocycles. The fourth-order valence-electron chi connectivity index (χ4n) is 7.39. The maximum atomic E-state index is 13.1. The molecule has 9 nitrogen and oxygen atoms in total. The summed E-state index contributed by atoms with van der Waals surface area (Å²) in [7, 11) is 3.14. The lowest BCUT2D eigenvalue weighted by molar-refractivity contribution is -0.186. The molecule has 1 heterocycles. The molecule has 1 aromatic heterocycles. The number of hydrogen-bond donors (Lipinski definition) is 0. The van der Waals surface area contributed by atoms with Crippen molar-refractivity contribution in [1.82, 2.24) is 4.98 Å². The van der Waals surface area contributed by atoms with E-state index in [-0.39, 0.29) is 35.1 Å². The van der Waals surface area contributed by atoms with Crippen molar-refractivity contribution in [3.05, 3.63) is 18.0 Å². The fraction of sp³-hybridized carbons (Fsp3) is 0.714. The Balaban J connectivity index is 1.39. The second-order valence-electron chi connectivity index (χ2n) is 11.2. The zero-order chi connectivity index (χ0) is 26.7. The predicted molar refractivity (Wildman–Crippen MR) is 133 cm³/mol. The van der Waals surface area contributed by atoms with Crippen LogP contribution in [0, 0.1) is 29.1 Å². The highest BCUT2D eigenvalue weighted by Gasteiger charge is 2.56. The molecule has 4 bridgehead atoms. The summed E-state index contributed by atoms with van der Waals surface area (Å²) in [4.78, 5) is 41.4. The topological polar surface area (TPSA) is 110 Å². The summed E-state index contributed by atoms with van der Waals surface area (Å²) < 4.78 is 27.5. The Morgan fingerprint density at radius 3 is 2.22 bits per heavy atom. The third kappa shape index (κ3) is 5.92. The Morgan fingerprint density at radius 1 is 1.05 bits per heavy atom. The maximum Gasteiger partial charge on any atom is 0.309 e. The highest BCUT2D eigenvalue weighted by atomic mass is 16.7. The van der Waals surface area contributed by atoms with Crippen molar-refractivity contribution >= 4 is 17.7 Å². The van der Waals surface area contributed by atoms with Gasteiger partial charge in [-0.3, -0.25) is 14.4 Å². The summed E-state index contributed by atoms with van der Waals surface area (Å²) in [6.45, 7) is 4.43. The summed E-state index contributed by atoms with van der Waals surface area (Å²) in [6.07, 6.45) is 8.14. The zero-order valence-corrected chi connectivity index (χ0v) is 22.5. The molecule has 0 aromatic carbocycles. The molecule has 0 spiro atoms. The molecule has 0 amide bonds. The van der Waals surface area contributed by atoms with Crippen molar-refractivity contribution < 1.29 is 38.1 Å². The second kappa shape index (κ2) is 11.4. The summed E-state index contributed by atoms with van der Waals surface area (Å²) in [5, 5.41) is 0. The van der Waals surface area contributed by atoms with Crippen LogP contribution >= 0.6 is 0 Å². The van der Waals surface area contributed by atoms with Gasteiger partial charge < -0.3 is 23.7 Å². The van der Waals surface area contributed by atoms with Gasteiger partial charge in [-0.25, -0.2) is 4.98 Å². The van der Waals surface area contributed by atoms with Crippen LogP contribution in [0.1, 0.15) is 76.2 Å². The summed E-state index contributed by atoms with van der Waals surface area (Å²) >= 11 is 0. The number of rotatable bonds is 12. The quantitative estimate of drug-likeness (QED) is 0.227. The minimum atomic E-state index is -0.696. The standard InChI is InChI=1S/C28H39NO8/c1-16(8-22(31)24-25(36-15-35-18(3)30)23(33-4)6-7-29-24)27(32)37-17(2)26(34-5)28-12-19-9-20(13-28)11-21(10-19)14-28/h6-7,16-17,19-21,26H,8-15H2,1-5H3/t16-,17+,19?,20?,21?,26-,28?/m1/s1. The van der Waals surface area contributed by atoms with Crippen LogP contribution in [0.25, 0.3) is 0 Å². The van der Waals surface area contributed by atoms with Crippen LogP contribution in [0.3, 0.4) is 0 Å². The van der Waals surface area contributed by atoms with Crippen molar-refractivity contribution in [3.63, 3.8) is 0 Å². The number of aromatic nitrogens is 1. The number of ketones is 1. The minimum Gasteiger partial charge on any atom is -0.493 e. The van der Waals surface area contributed by atoms with Crippen LogP contribution < -0.4 is 9.47 Å². The number of esters is 2. The van der Waals surface area contributed by atoms with Crippen molar-refractivity contribution in [2.75, 3.05) is 21.0 Å². The Bertz CT molecular complexity index is 973. The van der Waals surface area contributed by atoms with E-state index in [1.54, 1.807) is 14.0 Å². The van der Waals surface area contributed by atoms with Gasteiger partial charge in [-0.05, 0) is 63.2 Å². The molecular weight excluding hydrogens is 478 g/mol. The first kappa shape index (κ1) is 27.4. The second-order valence-corrected chi connectivity index (χ2v) is 11.2. The highest BCUT2D eigenvalue weighted by molar-refractivity contribution is 5.99. The lowest BCUT2D eigenvalue weighted by Gasteiger charge is -2.59. The number of ether oxygens (including phenoxy) is 5. The number of methoxy groups -OCH3 is 2. The largest absolute Gasteiger partial charge is 0.493 e. The fourth-order valence-corrected chi connectivity index (χ4v) is 7.39. The molecule has 0 radical (unpaired) electrons. The first-order valence-corrected chi connectivity index (χ1v) is 13.2. The van der Waals surface area contributed by atoms with Crippen LogP contribution in [-0.2, 0) is 23.8 Å². The van der Waals surface area contributed by atoms with E-state index in [9.17, 15) is 14.4 Å². The first-order chi connectivity index (χ1) is 17.7. The number of carbonyl (C=O) groups excluding carboxylic acids is 3. The van der Waals surface area contributed by atoms with Crippen molar-refractivity contribution in [2.24, 2.45) is 29.1 Å². The molecule has 1 aromatic rings. The molecule has 4 aliphatic rings. The Morgan fingerprint density at radius 2 is 1.68 bits per heavy atom. The van der Waals surface area contributed by atoms with Crippen molar-refractivity contribution in [3.8, 4) is 11.5 Å². The van der Waals surface area contributed by atoms with Gasteiger partial charge in [0.05, 0.1) is 19.1 Å². The van der Waals surface area contributed by atoms with Gasteiger partial charge in [0.1, 0.15) is 6.10 Å². The number of nitrogens with zero attached hydrogens (tertiary/aromatic N) is 1. The van der Waals surface area contributed by atoms with E-state index in [4.69, 9.17) is 23.7 Å². The Hall–Kier alpha value is -2.68. The predicted octanol–water partition coefficient (Wildman–Crippen LogP) is 4.36. The van der Waals surface area contributed by atoms with Gasteiger partial charge in [0, 0.05) is 38.1 Å². The van der Waals surface area contributed by atoms with Crippen LogP contribution in [0.4, 0.5) is 0 Å². The molecule has 4 fully saturated rings. The molecule has 204 valence electrons. The molecule has 0 N–H and O–H groups in total. The lowest BCUT2D eigenvalue weighted by atomic mass is 9.47. The monoisotopic (exact) mass is 517 g/mol. The van der Waals surface area contributed by atoms with Crippen LogP contribution in [0.2, 0.25) is 0 Å². The van der Waals surface area contributed by atoms with E-state index in [1.807, 2.05) is 6.92 Å². The summed E-state index contributed by atoms with van der Waals surface area (Å²) in [5.74, 6) is 0.542. The number of Topliss-reactive ketones (excluding diaryl/α,β-unsaturated/α-hetero) is 1. The normalized spacial score (nSPS) is 28.2. The average molecular weight is 518 g/mol. The Labute approximate surface area is 218 Å². The zero-order valence-electron chi connectivity index (χ0n) is 22.5. The van der Waals surface area contributed by atoms with Gasteiger partial charge in [-0.1, -0.05) is 6.92 Å². The van der Waals surface area contributed by atoms with Gasteiger partial charge >= 0.3 is 11.9 Å². The smallest absolute Gasteiger partial charge is 0.309 e. The molecule has 4 saturated carbocycles. The highest BCUT2D eigenvalue weighted by Crippen LogP contribution is 2.62. The van der Waals surface area contributed by atoms with E-state index < -0.39 is 36.5 Å². The van der Waals surface area contributed by atoms with E-state index in [2.05, 4.69) is 4.98 Å². The SMILES string of the molecule is COc1ccnc(C(=O)C[C@@H](C)C(=O)O[C@@H](C)[C@@H](OC)C23CC4CC(CC(C4)C2)C3)c1OCOC(C)=O. The van der Waals surface area contributed by atoms with E-state index in [1.165, 1.54) is 45.6 Å². The third-order valence-electron chi connectivity index (χ3n) is 8.38. The van der Waals surface area contributed by atoms with Gasteiger partial charge in [-0.2, -0.15) is 0 Å². The Kier molecular flexibility index (Phi) is 8.41. The van der Waals surface area contributed by atoms with Gasteiger partial charge in [-0.15, -0.1) is 0 Å². The minimum absolute atomic E-state index is 0.00235.